The zero-order chi connectivity index (χ0) is 27.7. The van der Waals surface area contributed by atoms with Crippen LogP contribution in [0.15, 0.2) is 66.2 Å². The first-order chi connectivity index (χ1) is 18.1. The molecule has 3 aromatic rings. The fourth-order valence-electron chi connectivity index (χ4n) is 4.50. The summed E-state index contributed by atoms with van der Waals surface area (Å²) >= 11 is 6.36. The minimum absolute atomic E-state index is 0.107. The van der Waals surface area contributed by atoms with Crippen LogP contribution in [0.5, 0.6) is 5.75 Å². The molecule has 0 radical (unpaired) electrons. The van der Waals surface area contributed by atoms with Crippen LogP contribution in [0.25, 0.3) is 5.76 Å². The van der Waals surface area contributed by atoms with Crippen molar-refractivity contribution in [3.63, 3.8) is 0 Å². The second-order valence-corrected chi connectivity index (χ2v) is 9.43. The molecule has 1 fully saturated rings. The molecule has 0 saturated carbocycles. The molecular formula is C29H27ClN2O6. The number of ether oxygens (including phenoxy) is 2. The number of amides is 1. The highest BCUT2D eigenvalue weighted by molar-refractivity contribution is 6.51. The van der Waals surface area contributed by atoms with Gasteiger partial charge in [-0.3, -0.25) is 14.5 Å². The Labute approximate surface area is 225 Å². The number of carbonyl (C=O) groups excluding carboxylic acids is 3. The number of esters is 1. The normalized spacial score (nSPS) is 16.5. The predicted molar refractivity (Wildman–Crippen MR) is 146 cm³/mol. The number of methoxy groups -OCH3 is 2. The Morgan fingerprint density at radius 1 is 1.00 bits per heavy atom. The van der Waals surface area contributed by atoms with Gasteiger partial charge in [-0.25, -0.2) is 4.79 Å². The molecule has 1 saturated heterocycles. The second kappa shape index (κ2) is 10.6. The third-order valence-electron chi connectivity index (χ3n) is 6.38. The summed E-state index contributed by atoms with van der Waals surface area (Å²) in [6.45, 7) is 1.79. The first-order valence-electron chi connectivity index (χ1n) is 11.7. The van der Waals surface area contributed by atoms with Gasteiger partial charge < -0.3 is 19.5 Å². The van der Waals surface area contributed by atoms with Crippen molar-refractivity contribution in [2.45, 2.75) is 13.0 Å². The summed E-state index contributed by atoms with van der Waals surface area (Å²) < 4.78 is 10.2. The number of anilines is 2. The fraction of sp³-hybridized carbons (Fsp3) is 0.207. The van der Waals surface area contributed by atoms with E-state index >= 15 is 0 Å². The number of halogens is 1. The number of benzene rings is 3. The SMILES string of the molecule is COC(=O)c1ccc(N2C(=O)C(=O)/C(=C(/O)c3cc(C)cc(Cl)c3OC)C2c2ccc(N(C)C)cc2)cc1. The lowest BCUT2D eigenvalue weighted by atomic mass is 9.94. The topological polar surface area (TPSA) is 96.4 Å². The maximum Gasteiger partial charge on any atom is 0.337 e. The molecule has 1 N–H and O–H groups in total. The molecule has 8 nitrogen and oxygen atoms in total. The third kappa shape index (κ3) is 4.70. The molecule has 1 atom stereocenters. The molecule has 1 heterocycles. The molecule has 0 spiro atoms. The van der Waals surface area contributed by atoms with Gasteiger partial charge in [0.25, 0.3) is 11.7 Å². The molecule has 0 bridgehead atoms. The van der Waals surface area contributed by atoms with E-state index in [4.69, 9.17) is 21.1 Å². The van der Waals surface area contributed by atoms with Crippen LogP contribution in [-0.4, -0.2) is 51.1 Å². The van der Waals surface area contributed by atoms with Crippen molar-refractivity contribution in [2.24, 2.45) is 0 Å². The summed E-state index contributed by atoms with van der Waals surface area (Å²) in [5, 5.41) is 11.8. The number of Topliss-reactive ketones (excluding diaryl/α,β-unsaturated/α-hetero) is 1. The molecule has 1 unspecified atom stereocenters. The van der Waals surface area contributed by atoms with Gasteiger partial charge in [0.2, 0.25) is 0 Å². The summed E-state index contributed by atoms with van der Waals surface area (Å²) in [6.07, 6.45) is 0. The molecule has 1 aliphatic rings. The van der Waals surface area contributed by atoms with Gasteiger partial charge in [-0.15, -0.1) is 0 Å². The molecule has 1 aliphatic heterocycles. The van der Waals surface area contributed by atoms with E-state index in [9.17, 15) is 19.5 Å². The number of aliphatic hydroxyl groups is 1. The Bertz CT molecular complexity index is 1450. The van der Waals surface area contributed by atoms with Crippen LogP contribution in [0.3, 0.4) is 0 Å². The van der Waals surface area contributed by atoms with Crippen molar-refractivity contribution in [1.29, 1.82) is 0 Å². The van der Waals surface area contributed by atoms with Crippen LogP contribution in [0, 0.1) is 6.92 Å². The van der Waals surface area contributed by atoms with Gasteiger partial charge in [0.1, 0.15) is 11.5 Å². The molecule has 1 amide bonds. The Balaban J connectivity index is 1.95. The van der Waals surface area contributed by atoms with Crippen molar-refractivity contribution in [2.75, 3.05) is 38.1 Å². The maximum atomic E-state index is 13.5. The van der Waals surface area contributed by atoms with E-state index in [0.717, 1.165) is 11.3 Å². The number of aliphatic hydroxyl groups excluding tert-OH is 1. The highest BCUT2D eigenvalue weighted by atomic mass is 35.5. The van der Waals surface area contributed by atoms with Crippen LogP contribution in [0.4, 0.5) is 11.4 Å². The van der Waals surface area contributed by atoms with Crippen molar-refractivity contribution in [3.8, 4) is 5.75 Å². The first kappa shape index (κ1) is 26.8. The van der Waals surface area contributed by atoms with E-state index in [1.54, 1.807) is 43.3 Å². The van der Waals surface area contributed by atoms with Crippen LogP contribution < -0.4 is 14.5 Å². The largest absolute Gasteiger partial charge is 0.507 e. The van der Waals surface area contributed by atoms with Crippen molar-refractivity contribution < 1.29 is 29.0 Å². The summed E-state index contributed by atoms with van der Waals surface area (Å²) in [5.41, 5.74) is 3.01. The number of carbonyl (C=O) groups is 3. The van der Waals surface area contributed by atoms with Gasteiger partial charge >= 0.3 is 5.97 Å². The zero-order valence-corrected chi connectivity index (χ0v) is 22.4. The number of nitrogens with zero attached hydrogens (tertiary/aromatic N) is 2. The third-order valence-corrected chi connectivity index (χ3v) is 6.66. The van der Waals surface area contributed by atoms with Gasteiger partial charge in [0.15, 0.2) is 0 Å². The van der Waals surface area contributed by atoms with Gasteiger partial charge in [-0.1, -0.05) is 23.7 Å². The zero-order valence-electron chi connectivity index (χ0n) is 21.6. The van der Waals surface area contributed by atoms with Crippen LogP contribution >= 0.6 is 11.6 Å². The molecule has 196 valence electrons. The molecule has 38 heavy (non-hydrogen) atoms. The number of hydrogen-bond acceptors (Lipinski definition) is 7. The van der Waals surface area contributed by atoms with Crippen LogP contribution in [0.2, 0.25) is 5.02 Å². The van der Waals surface area contributed by atoms with Gasteiger partial charge in [-0.2, -0.15) is 0 Å². The van der Waals surface area contributed by atoms with Crippen molar-refractivity contribution in [3.05, 3.63) is 93.5 Å². The van der Waals surface area contributed by atoms with E-state index < -0.39 is 29.5 Å². The van der Waals surface area contributed by atoms with E-state index in [1.807, 2.05) is 31.1 Å². The molecule has 4 rings (SSSR count). The van der Waals surface area contributed by atoms with E-state index in [0.29, 0.717) is 16.8 Å². The highest BCUT2D eigenvalue weighted by Crippen LogP contribution is 2.44. The Morgan fingerprint density at radius 3 is 2.18 bits per heavy atom. The molecule has 3 aromatic carbocycles. The van der Waals surface area contributed by atoms with Crippen LogP contribution in [-0.2, 0) is 14.3 Å². The second-order valence-electron chi connectivity index (χ2n) is 9.02. The first-order valence-corrected chi connectivity index (χ1v) is 12.1. The van der Waals surface area contributed by atoms with Gasteiger partial charge in [0, 0.05) is 25.5 Å². The Kier molecular flexibility index (Phi) is 7.46. The van der Waals surface area contributed by atoms with Gasteiger partial charge in [-0.05, 0) is 66.6 Å². The van der Waals surface area contributed by atoms with Crippen molar-refractivity contribution in [1.82, 2.24) is 0 Å². The number of aryl methyl sites for hydroxylation is 1. The lowest BCUT2D eigenvalue weighted by Gasteiger charge is -2.26. The smallest absolute Gasteiger partial charge is 0.337 e. The molecule has 9 heteroatoms. The minimum Gasteiger partial charge on any atom is -0.507 e. The lowest BCUT2D eigenvalue weighted by molar-refractivity contribution is -0.132. The summed E-state index contributed by atoms with van der Waals surface area (Å²) in [4.78, 5) is 42.1. The highest BCUT2D eigenvalue weighted by Gasteiger charge is 2.47. The minimum atomic E-state index is -0.959. The quantitative estimate of drug-likeness (QED) is 0.202. The summed E-state index contributed by atoms with van der Waals surface area (Å²) in [5.74, 6) is -2.43. The lowest BCUT2D eigenvalue weighted by Crippen LogP contribution is -2.29. The van der Waals surface area contributed by atoms with Crippen LogP contribution in [0.1, 0.15) is 33.1 Å². The van der Waals surface area contributed by atoms with Crippen molar-refractivity contribution >= 4 is 46.4 Å². The monoisotopic (exact) mass is 534 g/mol. The molecular weight excluding hydrogens is 508 g/mol. The summed E-state index contributed by atoms with van der Waals surface area (Å²) in [6, 6.07) is 15.8. The maximum absolute atomic E-state index is 13.5. The fourth-order valence-corrected chi connectivity index (χ4v) is 4.85. The average Bonchev–Trinajstić information content (AvgIpc) is 3.17. The number of ketones is 1. The molecule has 0 aliphatic carbocycles. The molecule has 0 aromatic heterocycles. The Hall–Kier alpha value is -4.30. The predicted octanol–water partition coefficient (Wildman–Crippen LogP) is 5.14. The van der Waals surface area contributed by atoms with E-state index in [1.165, 1.54) is 31.3 Å². The van der Waals surface area contributed by atoms with E-state index in [-0.39, 0.29) is 21.9 Å². The standard InChI is InChI=1S/C29H27ClN2O6/c1-16-14-21(27(37-4)22(30)15-16)25(33)23-24(17-6-10-19(11-7-17)31(2)3)32(28(35)26(23)34)20-12-8-18(9-13-20)29(36)38-5/h6-15,24,33H,1-5H3/b25-23+. The van der Waals surface area contributed by atoms with E-state index in [2.05, 4.69) is 0 Å². The Morgan fingerprint density at radius 2 is 1.63 bits per heavy atom. The number of rotatable bonds is 6. The average molecular weight is 535 g/mol. The number of hydrogen-bond donors (Lipinski definition) is 1. The van der Waals surface area contributed by atoms with Gasteiger partial charge in [0.05, 0.1) is 42.0 Å². The summed E-state index contributed by atoms with van der Waals surface area (Å²) in [7, 11) is 6.49.